The molecule has 4 rings (SSSR count). The van der Waals surface area contributed by atoms with Gasteiger partial charge in [0.15, 0.2) is 0 Å². The van der Waals surface area contributed by atoms with Gasteiger partial charge in [0.1, 0.15) is 5.82 Å². The van der Waals surface area contributed by atoms with Crippen LogP contribution >= 0.6 is 0 Å². The van der Waals surface area contributed by atoms with Crippen LogP contribution in [0.15, 0.2) is 42.7 Å². The van der Waals surface area contributed by atoms with E-state index in [1.54, 1.807) is 11.1 Å². The monoisotopic (exact) mass is 407 g/mol. The number of hydrogen-bond acceptors (Lipinski definition) is 5. The molecule has 2 aliphatic heterocycles. The maximum Gasteiger partial charge on any atom is 0.225 e. The molecule has 0 unspecified atom stereocenters. The zero-order chi connectivity index (χ0) is 20.8. The smallest absolute Gasteiger partial charge is 0.225 e. The maximum atomic E-state index is 12.6. The van der Waals surface area contributed by atoms with Crippen molar-refractivity contribution in [2.75, 3.05) is 24.5 Å². The van der Waals surface area contributed by atoms with E-state index < -0.39 is 0 Å². The molecular formula is C23H29N5O2. The van der Waals surface area contributed by atoms with E-state index >= 15 is 0 Å². The van der Waals surface area contributed by atoms with Gasteiger partial charge in [-0.15, -0.1) is 0 Å². The van der Waals surface area contributed by atoms with Gasteiger partial charge in [-0.2, -0.15) is 0 Å². The number of aromatic nitrogens is 2. The van der Waals surface area contributed by atoms with Crippen molar-refractivity contribution in [2.45, 2.75) is 45.2 Å². The van der Waals surface area contributed by atoms with Crippen molar-refractivity contribution in [1.29, 1.82) is 0 Å². The highest BCUT2D eigenvalue weighted by Gasteiger charge is 2.34. The lowest BCUT2D eigenvalue weighted by atomic mass is 10.1. The molecule has 1 atom stereocenters. The Morgan fingerprint density at radius 2 is 1.90 bits per heavy atom. The summed E-state index contributed by atoms with van der Waals surface area (Å²) in [7, 11) is 0. The fourth-order valence-corrected chi connectivity index (χ4v) is 4.13. The Hall–Kier alpha value is -2.96. The SMILES string of the molecule is O=C(NCc1ccc(N2CCCCCC2)nc1)[C@@H]1CC(=O)N(Cc2ccccn2)C1. The number of carbonyl (C=O) groups is 2. The second-order valence-corrected chi connectivity index (χ2v) is 8.14. The van der Waals surface area contributed by atoms with Crippen LogP contribution in [0, 0.1) is 5.92 Å². The molecule has 0 saturated carbocycles. The standard InChI is InChI=1S/C23H29N5O2/c29-22-13-19(16-28(22)17-20-7-3-4-10-24-20)23(30)26-15-18-8-9-21(25-14-18)27-11-5-1-2-6-12-27/h3-4,7-10,14,19H,1-2,5-6,11-13,15-17H2,(H,26,30)/t19-/m1/s1. The van der Waals surface area contributed by atoms with Gasteiger partial charge in [0.25, 0.3) is 0 Å². The summed E-state index contributed by atoms with van der Waals surface area (Å²) in [5.74, 6) is 0.622. The quantitative estimate of drug-likeness (QED) is 0.796. The van der Waals surface area contributed by atoms with Crippen LogP contribution in [0.1, 0.15) is 43.4 Å². The van der Waals surface area contributed by atoms with Gasteiger partial charge in [-0.3, -0.25) is 14.6 Å². The van der Waals surface area contributed by atoms with Gasteiger partial charge >= 0.3 is 0 Å². The van der Waals surface area contributed by atoms with E-state index in [9.17, 15) is 9.59 Å². The predicted octanol–water partition coefficient (Wildman–Crippen LogP) is 2.52. The van der Waals surface area contributed by atoms with Crippen molar-refractivity contribution < 1.29 is 9.59 Å². The Morgan fingerprint density at radius 3 is 2.60 bits per heavy atom. The predicted molar refractivity (Wildman–Crippen MR) is 115 cm³/mol. The van der Waals surface area contributed by atoms with Crippen LogP contribution in [0.3, 0.4) is 0 Å². The topological polar surface area (TPSA) is 78.4 Å². The average Bonchev–Trinajstić information content (AvgIpc) is 2.97. The normalized spacial score (nSPS) is 19.6. The summed E-state index contributed by atoms with van der Waals surface area (Å²) in [6, 6.07) is 9.71. The molecule has 0 aliphatic carbocycles. The Kier molecular flexibility index (Phi) is 6.57. The number of nitrogens with one attached hydrogen (secondary N) is 1. The first kappa shape index (κ1) is 20.3. The fourth-order valence-electron chi connectivity index (χ4n) is 4.13. The summed E-state index contributed by atoms with van der Waals surface area (Å²) in [6.07, 6.45) is 8.84. The van der Waals surface area contributed by atoms with Crippen LogP contribution in [0.4, 0.5) is 5.82 Å². The number of pyridine rings is 2. The van der Waals surface area contributed by atoms with Crippen molar-refractivity contribution >= 4 is 17.6 Å². The fraction of sp³-hybridized carbons (Fsp3) is 0.478. The lowest BCUT2D eigenvalue weighted by molar-refractivity contribution is -0.129. The average molecular weight is 408 g/mol. The number of hydrogen-bond donors (Lipinski definition) is 1. The molecule has 7 nitrogen and oxygen atoms in total. The molecule has 0 spiro atoms. The van der Waals surface area contributed by atoms with Gasteiger partial charge in [-0.25, -0.2) is 4.98 Å². The molecule has 2 aromatic rings. The van der Waals surface area contributed by atoms with Crippen molar-refractivity contribution in [1.82, 2.24) is 20.2 Å². The van der Waals surface area contributed by atoms with Crippen molar-refractivity contribution in [3.8, 4) is 0 Å². The Bertz CT molecular complexity index is 848. The highest BCUT2D eigenvalue weighted by Crippen LogP contribution is 2.20. The molecule has 7 heteroatoms. The number of rotatable bonds is 6. The second kappa shape index (κ2) is 9.69. The summed E-state index contributed by atoms with van der Waals surface area (Å²) < 4.78 is 0. The molecule has 0 aromatic carbocycles. The lowest BCUT2D eigenvalue weighted by Gasteiger charge is -2.21. The first-order valence-corrected chi connectivity index (χ1v) is 10.8. The highest BCUT2D eigenvalue weighted by atomic mass is 16.2. The van der Waals surface area contributed by atoms with Crippen molar-refractivity contribution in [3.63, 3.8) is 0 Å². The molecular weight excluding hydrogens is 378 g/mol. The van der Waals surface area contributed by atoms with Crippen LogP contribution < -0.4 is 10.2 Å². The maximum absolute atomic E-state index is 12.6. The molecule has 2 aliphatic rings. The molecule has 2 saturated heterocycles. The zero-order valence-electron chi connectivity index (χ0n) is 17.3. The first-order chi connectivity index (χ1) is 14.7. The number of likely N-dealkylation sites (tertiary alicyclic amines) is 1. The summed E-state index contributed by atoms with van der Waals surface area (Å²) in [5.41, 5.74) is 1.80. The molecule has 0 bridgehead atoms. The summed E-state index contributed by atoms with van der Waals surface area (Å²) in [6.45, 7) is 3.44. The lowest BCUT2D eigenvalue weighted by Crippen LogP contribution is -2.32. The molecule has 158 valence electrons. The minimum absolute atomic E-state index is 0.00396. The Labute approximate surface area is 177 Å². The van der Waals surface area contributed by atoms with E-state index in [-0.39, 0.29) is 24.2 Å². The van der Waals surface area contributed by atoms with E-state index in [1.807, 2.05) is 36.5 Å². The zero-order valence-corrected chi connectivity index (χ0v) is 17.3. The molecule has 0 radical (unpaired) electrons. The highest BCUT2D eigenvalue weighted by molar-refractivity contribution is 5.89. The third kappa shape index (κ3) is 5.14. The molecule has 1 N–H and O–H groups in total. The third-order valence-electron chi connectivity index (χ3n) is 5.87. The van der Waals surface area contributed by atoms with Gasteiger partial charge in [0.05, 0.1) is 18.2 Å². The molecule has 2 aromatic heterocycles. The Balaban J connectivity index is 1.26. The molecule has 30 heavy (non-hydrogen) atoms. The number of nitrogens with zero attached hydrogens (tertiary/aromatic N) is 4. The molecule has 2 fully saturated rings. The largest absolute Gasteiger partial charge is 0.357 e. The summed E-state index contributed by atoms with van der Waals surface area (Å²) in [4.78, 5) is 37.8. The number of amides is 2. The van der Waals surface area contributed by atoms with Crippen LogP contribution in [-0.2, 0) is 22.7 Å². The first-order valence-electron chi connectivity index (χ1n) is 10.8. The van der Waals surface area contributed by atoms with Gasteiger partial charge in [0, 0.05) is 45.0 Å². The van der Waals surface area contributed by atoms with E-state index in [0.717, 1.165) is 30.2 Å². The van der Waals surface area contributed by atoms with Crippen LogP contribution in [-0.4, -0.2) is 46.3 Å². The van der Waals surface area contributed by atoms with Gasteiger partial charge in [-0.1, -0.05) is 25.0 Å². The minimum atomic E-state index is -0.314. The van der Waals surface area contributed by atoms with E-state index in [0.29, 0.717) is 19.6 Å². The van der Waals surface area contributed by atoms with Crippen LogP contribution in [0.5, 0.6) is 0 Å². The van der Waals surface area contributed by atoms with Gasteiger partial charge in [0.2, 0.25) is 11.8 Å². The third-order valence-corrected chi connectivity index (χ3v) is 5.87. The molecule has 2 amide bonds. The number of carbonyl (C=O) groups excluding carboxylic acids is 2. The van der Waals surface area contributed by atoms with Crippen LogP contribution in [0.2, 0.25) is 0 Å². The van der Waals surface area contributed by atoms with E-state index in [2.05, 4.69) is 20.2 Å². The van der Waals surface area contributed by atoms with E-state index in [1.165, 1.54) is 25.7 Å². The summed E-state index contributed by atoms with van der Waals surface area (Å²) >= 11 is 0. The molecule has 4 heterocycles. The van der Waals surface area contributed by atoms with Crippen molar-refractivity contribution in [3.05, 3.63) is 54.0 Å². The minimum Gasteiger partial charge on any atom is -0.357 e. The van der Waals surface area contributed by atoms with Gasteiger partial charge < -0.3 is 15.1 Å². The van der Waals surface area contributed by atoms with Crippen LogP contribution in [0.25, 0.3) is 0 Å². The Morgan fingerprint density at radius 1 is 1.07 bits per heavy atom. The van der Waals surface area contributed by atoms with E-state index in [4.69, 9.17) is 0 Å². The second-order valence-electron chi connectivity index (χ2n) is 8.14. The summed E-state index contributed by atoms with van der Waals surface area (Å²) in [5, 5.41) is 2.97. The van der Waals surface area contributed by atoms with Crippen molar-refractivity contribution in [2.24, 2.45) is 5.92 Å². The number of anilines is 1. The van der Waals surface area contributed by atoms with Gasteiger partial charge in [-0.05, 0) is 36.6 Å².